The van der Waals surface area contributed by atoms with E-state index in [4.69, 9.17) is 5.73 Å². The Morgan fingerprint density at radius 3 is 2.77 bits per heavy atom. The Balaban J connectivity index is 1.93. The molecule has 6 nitrogen and oxygen atoms in total. The smallest absolute Gasteiger partial charge is 0.321 e. The third-order valence-electron chi connectivity index (χ3n) is 3.44. The van der Waals surface area contributed by atoms with Gasteiger partial charge in [-0.2, -0.15) is 0 Å². The number of aliphatic imine (C=N–C) groups is 1. The lowest BCUT2D eigenvalue weighted by Gasteiger charge is -2.16. The molecule has 2 amide bonds. The predicted octanol–water partition coefficient (Wildman–Crippen LogP) is 2.13. The van der Waals surface area contributed by atoms with Crippen LogP contribution in [-0.2, 0) is 6.54 Å². The van der Waals surface area contributed by atoms with E-state index in [1.54, 1.807) is 0 Å². The van der Waals surface area contributed by atoms with Gasteiger partial charge < -0.3 is 21.3 Å². The lowest BCUT2D eigenvalue weighted by Crippen LogP contribution is -2.36. The van der Waals surface area contributed by atoms with Gasteiger partial charge in [0.2, 0.25) is 0 Å². The normalized spacial score (nSPS) is 15.2. The highest BCUT2D eigenvalue weighted by Crippen LogP contribution is 2.14. The summed E-state index contributed by atoms with van der Waals surface area (Å²) < 4.78 is 0. The molecule has 2 rings (SSSR count). The van der Waals surface area contributed by atoms with Crippen LogP contribution >= 0.6 is 0 Å². The van der Waals surface area contributed by atoms with Crippen LogP contribution in [0.4, 0.5) is 10.5 Å². The molecule has 1 fully saturated rings. The number of carbonyl (C=O) groups is 1. The zero-order valence-electron chi connectivity index (χ0n) is 13.3. The van der Waals surface area contributed by atoms with Gasteiger partial charge in [0.05, 0.1) is 6.54 Å². The van der Waals surface area contributed by atoms with E-state index in [0.717, 1.165) is 37.2 Å². The number of rotatable bonds is 4. The van der Waals surface area contributed by atoms with E-state index >= 15 is 0 Å². The number of nitrogens with zero attached hydrogens (tertiary/aromatic N) is 2. The lowest BCUT2D eigenvalue weighted by molar-refractivity contribution is 0.222. The van der Waals surface area contributed by atoms with Crippen LogP contribution in [0.1, 0.15) is 32.3 Å². The minimum absolute atomic E-state index is 0.0286. The van der Waals surface area contributed by atoms with E-state index in [-0.39, 0.29) is 12.1 Å². The first-order chi connectivity index (χ1) is 10.5. The van der Waals surface area contributed by atoms with E-state index in [9.17, 15) is 4.79 Å². The molecular formula is C16H25N5O. The van der Waals surface area contributed by atoms with Gasteiger partial charge in [-0.25, -0.2) is 9.79 Å². The second kappa shape index (κ2) is 7.68. The molecule has 4 N–H and O–H groups in total. The average Bonchev–Trinajstić information content (AvgIpc) is 2.99. The average molecular weight is 303 g/mol. The molecule has 0 radical (unpaired) electrons. The summed E-state index contributed by atoms with van der Waals surface area (Å²) in [5.74, 6) is 0.432. The number of hydrogen-bond acceptors (Lipinski definition) is 2. The summed E-state index contributed by atoms with van der Waals surface area (Å²) in [6.45, 7) is 6.19. The van der Waals surface area contributed by atoms with Gasteiger partial charge in [-0.3, -0.25) is 0 Å². The molecule has 0 aromatic heterocycles. The number of amides is 2. The molecule has 1 aromatic carbocycles. The number of guanidine groups is 1. The molecule has 22 heavy (non-hydrogen) atoms. The maximum absolute atomic E-state index is 12.1. The van der Waals surface area contributed by atoms with Gasteiger partial charge in [-0.05, 0) is 44.4 Å². The molecule has 6 heteroatoms. The van der Waals surface area contributed by atoms with Gasteiger partial charge in [-0.15, -0.1) is 0 Å². The zero-order chi connectivity index (χ0) is 15.9. The summed E-state index contributed by atoms with van der Waals surface area (Å²) in [6, 6.07) is 7.93. The number of hydrogen-bond donors (Lipinski definition) is 3. The maximum Gasteiger partial charge on any atom is 0.321 e. The van der Waals surface area contributed by atoms with Crippen molar-refractivity contribution in [3.63, 3.8) is 0 Å². The first kappa shape index (κ1) is 16.1. The third kappa shape index (κ3) is 4.95. The van der Waals surface area contributed by atoms with Gasteiger partial charge in [-0.1, -0.05) is 12.1 Å². The van der Waals surface area contributed by atoms with Crippen LogP contribution in [0.3, 0.4) is 0 Å². The molecule has 1 heterocycles. The SMILES string of the molecule is CC(C)NC(N)=NCc1cccc(NC(=O)N2CCCC2)c1. The zero-order valence-corrected chi connectivity index (χ0v) is 13.3. The molecule has 1 aliphatic heterocycles. The molecule has 1 aromatic rings. The Bertz CT molecular complexity index is 535. The predicted molar refractivity (Wildman–Crippen MR) is 89.9 cm³/mol. The first-order valence-corrected chi connectivity index (χ1v) is 7.76. The molecular weight excluding hydrogens is 278 g/mol. The number of urea groups is 1. The standard InChI is InChI=1S/C16H25N5O/c1-12(2)19-15(17)18-11-13-6-5-7-14(10-13)20-16(22)21-8-3-4-9-21/h5-7,10,12H,3-4,8-9,11H2,1-2H3,(H,20,22)(H3,17,18,19). The van der Waals surface area contributed by atoms with E-state index in [1.807, 2.05) is 43.0 Å². The minimum Gasteiger partial charge on any atom is -0.370 e. The van der Waals surface area contributed by atoms with Gasteiger partial charge in [0.1, 0.15) is 0 Å². The van der Waals surface area contributed by atoms with Crippen LogP contribution in [0.15, 0.2) is 29.3 Å². The van der Waals surface area contributed by atoms with Crippen molar-refractivity contribution in [2.75, 3.05) is 18.4 Å². The second-order valence-electron chi connectivity index (χ2n) is 5.83. The number of anilines is 1. The van der Waals surface area contributed by atoms with Crippen LogP contribution in [0.5, 0.6) is 0 Å². The van der Waals surface area contributed by atoms with Crippen molar-refractivity contribution < 1.29 is 4.79 Å². The van der Waals surface area contributed by atoms with Crippen molar-refractivity contribution in [1.29, 1.82) is 0 Å². The van der Waals surface area contributed by atoms with Crippen molar-refractivity contribution >= 4 is 17.7 Å². The van der Waals surface area contributed by atoms with E-state index in [2.05, 4.69) is 15.6 Å². The Labute approximate surface area is 131 Å². The van der Waals surface area contributed by atoms with E-state index in [0.29, 0.717) is 12.5 Å². The van der Waals surface area contributed by atoms with Crippen molar-refractivity contribution in [2.24, 2.45) is 10.7 Å². The van der Waals surface area contributed by atoms with Gasteiger partial charge in [0.15, 0.2) is 5.96 Å². The molecule has 1 aliphatic rings. The van der Waals surface area contributed by atoms with Crippen LogP contribution in [-0.4, -0.2) is 36.0 Å². The van der Waals surface area contributed by atoms with Crippen LogP contribution in [0.25, 0.3) is 0 Å². The van der Waals surface area contributed by atoms with Crippen molar-refractivity contribution in [2.45, 2.75) is 39.3 Å². The summed E-state index contributed by atoms with van der Waals surface area (Å²) >= 11 is 0. The molecule has 120 valence electrons. The summed E-state index contributed by atoms with van der Waals surface area (Å²) in [7, 11) is 0. The van der Waals surface area contributed by atoms with Gasteiger partial charge in [0, 0.05) is 24.8 Å². The van der Waals surface area contributed by atoms with Crippen molar-refractivity contribution in [3.8, 4) is 0 Å². The Hall–Kier alpha value is -2.24. The van der Waals surface area contributed by atoms with Crippen molar-refractivity contribution in [3.05, 3.63) is 29.8 Å². The van der Waals surface area contributed by atoms with E-state index < -0.39 is 0 Å². The first-order valence-electron chi connectivity index (χ1n) is 7.76. The Morgan fingerprint density at radius 2 is 2.09 bits per heavy atom. The largest absolute Gasteiger partial charge is 0.370 e. The molecule has 0 spiro atoms. The highest BCUT2D eigenvalue weighted by atomic mass is 16.2. The Kier molecular flexibility index (Phi) is 5.63. The van der Waals surface area contributed by atoms with Crippen LogP contribution < -0.4 is 16.4 Å². The minimum atomic E-state index is -0.0286. The Morgan fingerprint density at radius 1 is 1.36 bits per heavy atom. The number of carbonyl (C=O) groups excluding carboxylic acids is 1. The lowest BCUT2D eigenvalue weighted by atomic mass is 10.2. The highest BCUT2D eigenvalue weighted by Gasteiger charge is 2.17. The van der Waals surface area contributed by atoms with Crippen LogP contribution in [0, 0.1) is 0 Å². The number of nitrogens with one attached hydrogen (secondary N) is 2. The maximum atomic E-state index is 12.1. The summed E-state index contributed by atoms with van der Waals surface area (Å²) in [5, 5.41) is 5.98. The van der Waals surface area contributed by atoms with Gasteiger partial charge in [0.25, 0.3) is 0 Å². The highest BCUT2D eigenvalue weighted by molar-refractivity contribution is 5.89. The summed E-state index contributed by atoms with van der Waals surface area (Å²) in [4.78, 5) is 18.2. The molecule has 1 saturated heterocycles. The fourth-order valence-corrected chi connectivity index (χ4v) is 2.39. The molecule has 0 saturated carbocycles. The summed E-state index contributed by atoms with van der Waals surface area (Å²) in [5.41, 5.74) is 7.59. The third-order valence-corrected chi connectivity index (χ3v) is 3.44. The quantitative estimate of drug-likeness (QED) is 0.588. The number of nitrogens with two attached hydrogens (primary N) is 1. The van der Waals surface area contributed by atoms with Crippen molar-refractivity contribution in [1.82, 2.24) is 10.2 Å². The molecule has 0 unspecified atom stereocenters. The molecule has 0 aliphatic carbocycles. The fraction of sp³-hybridized carbons (Fsp3) is 0.500. The van der Waals surface area contributed by atoms with Crippen LogP contribution in [0.2, 0.25) is 0 Å². The monoisotopic (exact) mass is 303 g/mol. The summed E-state index contributed by atoms with van der Waals surface area (Å²) in [6.07, 6.45) is 2.18. The molecule has 0 atom stereocenters. The fourth-order valence-electron chi connectivity index (χ4n) is 2.39. The number of likely N-dealkylation sites (tertiary alicyclic amines) is 1. The molecule has 0 bridgehead atoms. The number of benzene rings is 1. The second-order valence-corrected chi connectivity index (χ2v) is 5.83. The van der Waals surface area contributed by atoms with Gasteiger partial charge >= 0.3 is 6.03 Å². The topological polar surface area (TPSA) is 82.7 Å². The van der Waals surface area contributed by atoms with E-state index in [1.165, 1.54) is 0 Å².